The van der Waals surface area contributed by atoms with Gasteiger partial charge >= 0.3 is 0 Å². The van der Waals surface area contributed by atoms with Gasteiger partial charge in [-0.05, 0) is 35.7 Å². The van der Waals surface area contributed by atoms with Crippen LogP contribution in [0.1, 0.15) is 20.7 Å². The molecule has 0 aliphatic heterocycles. The molecule has 2 N–H and O–H groups in total. The smallest absolute Gasteiger partial charge is 0.254 e. The van der Waals surface area contributed by atoms with E-state index in [4.69, 9.17) is 0 Å². The van der Waals surface area contributed by atoms with Gasteiger partial charge in [-0.25, -0.2) is 9.37 Å². The van der Waals surface area contributed by atoms with Crippen molar-refractivity contribution in [2.75, 3.05) is 13.1 Å². The predicted octanol–water partition coefficient (Wildman–Crippen LogP) is 4.26. The fraction of sp³-hybridized carbons (Fsp3) is 0.0870. The van der Waals surface area contributed by atoms with E-state index in [-0.39, 0.29) is 24.6 Å². The number of carbonyl (C=O) groups excluding carboxylic acids is 2. The second-order valence-corrected chi connectivity index (χ2v) is 7.49. The van der Waals surface area contributed by atoms with Crippen molar-refractivity contribution in [1.82, 2.24) is 15.6 Å². The van der Waals surface area contributed by atoms with Crippen molar-refractivity contribution >= 4 is 34.1 Å². The number of carbonyl (C=O) groups is 2. The first-order valence-electron chi connectivity index (χ1n) is 9.38. The molecule has 30 heavy (non-hydrogen) atoms. The Bertz CT molecular complexity index is 1210. The van der Waals surface area contributed by atoms with Gasteiger partial charge in [-0.1, -0.05) is 36.4 Å². The van der Waals surface area contributed by atoms with Crippen LogP contribution in [0.4, 0.5) is 4.39 Å². The van der Waals surface area contributed by atoms with Crippen LogP contribution in [0.5, 0.6) is 0 Å². The summed E-state index contributed by atoms with van der Waals surface area (Å²) in [7, 11) is 0. The fourth-order valence-corrected chi connectivity index (χ4v) is 3.79. The molecule has 0 bridgehead atoms. The van der Waals surface area contributed by atoms with Crippen LogP contribution in [-0.4, -0.2) is 29.9 Å². The number of nitrogens with zero attached hydrogens (tertiary/aromatic N) is 1. The van der Waals surface area contributed by atoms with Gasteiger partial charge in [-0.3, -0.25) is 9.59 Å². The molecule has 5 nitrogen and oxygen atoms in total. The molecule has 2 aromatic heterocycles. The van der Waals surface area contributed by atoms with Gasteiger partial charge in [0, 0.05) is 18.5 Å². The third-order valence-corrected chi connectivity index (χ3v) is 5.44. The van der Waals surface area contributed by atoms with Gasteiger partial charge in [0.25, 0.3) is 11.8 Å². The van der Waals surface area contributed by atoms with Crippen molar-refractivity contribution < 1.29 is 14.0 Å². The average Bonchev–Trinajstić information content (AvgIpc) is 3.31. The van der Waals surface area contributed by atoms with Gasteiger partial charge in [-0.15, -0.1) is 11.3 Å². The van der Waals surface area contributed by atoms with Crippen LogP contribution in [0.3, 0.4) is 0 Å². The number of amides is 2. The quantitative estimate of drug-likeness (QED) is 0.459. The number of halogens is 1. The van der Waals surface area contributed by atoms with Crippen LogP contribution in [0.25, 0.3) is 21.5 Å². The molecule has 0 saturated carbocycles. The van der Waals surface area contributed by atoms with Crippen molar-refractivity contribution in [2.24, 2.45) is 0 Å². The molecule has 0 aliphatic carbocycles. The fourth-order valence-electron chi connectivity index (χ4n) is 3.10. The Morgan fingerprint density at radius 2 is 1.57 bits per heavy atom. The zero-order valence-electron chi connectivity index (χ0n) is 15.9. The van der Waals surface area contributed by atoms with Crippen LogP contribution in [0, 0.1) is 5.82 Å². The highest BCUT2D eigenvalue weighted by atomic mass is 32.1. The maximum absolute atomic E-state index is 13.7. The maximum Gasteiger partial charge on any atom is 0.254 e. The largest absolute Gasteiger partial charge is 0.350 e. The highest BCUT2D eigenvalue weighted by Crippen LogP contribution is 2.27. The minimum Gasteiger partial charge on any atom is -0.350 e. The van der Waals surface area contributed by atoms with Gasteiger partial charge in [0.15, 0.2) is 0 Å². The molecule has 0 aliphatic rings. The summed E-state index contributed by atoms with van der Waals surface area (Å²) in [6.45, 7) is 0.393. The first-order valence-corrected chi connectivity index (χ1v) is 10.3. The van der Waals surface area contributed by atoms with E-state index in [0.29, 0.717) is 5.56 Å². The first kappa shape index (κ1) is 19.7. The lowest BCUT2D eigenvalue weighted by atomic mass is 10.1. The molecule has 0 saturated heterocycles. The van der Waals surface area contributed by atoms with Gasteiger partial charge in [0.2, 0.25) is 0 Å². The van der Waals surface area contributed by atoms with Crippen LogP contribution >= 0.6 is 11.3 Å². The summed E-state index contributed by atoms with van der Waals surface area (Å²) in [5.74, 6) is -1.35. The number of nitrogens with one attached hydrogen (secondary N) is 2. The summed E-state index contributed by atoms with van der Waals surface area (Å²) < 4.78 is 13.7. The van der Waals surface area contributed by atoms with Crippen LogP contribution in [0.2, 0.25) is 0 Å². The van der Waals surface area contributed by atoms with Crippen LogP contribution < -0.4 is 10.6 Å². The Kier molecular flexibility index (Phi) is 5.81. The van der Waals surface area contributed by atoms with E-state index in [9.17, 15) is 14.0 Å². The monoisotopic (exact) mass is 419 g/mol. The second-order valence-electron chi connectivity index (χ2n) is 6.54. The van der Waals surface area contributed by atoms with Crippen LogP contribution in [0.15, 0.2) is 72.1 Å². The van der Waals surface area contributed by atoms with Crippen molar-refractivity contribution in [3.8, 4) is 10.6 Å². The molecule has 2 heterocycles. The Balaban J connectivity index is 1.46. The second kappa shape index (κ2) is 8.84. The minimum atomic E-state index is -0.580. The molecule has 4 rings (SSSR count). The number of thiophene rings is 1. The normalized spacial score (nSPS) is 10.7. The van der Waals surface area contributed by atoms with Gasteiger partial charge in [0.05, 0.1) is 27.2 Å². The summed E-state index contributed by atoms with van der Waals surface area (Å²) in [4.78, 5) is 30.5. The molecule has 0 unspecified atom stereocenters. The van der Waals surface area contributed by atoms with E-state index >= 15 is 0 Å². The molecular weight excluding hydrogens is 401 g/mol. The number of benzene rings is 2. The summed E-state index contributed by atoms with van der Waals surface area (Å²) >= 11 is 1.56. The average molecular weight is 419 g/mol. The topological polar surface area (TPSA) is 71.1 Å². The molecule has 0 spiro atoms. The third kappa shape index (κ3) is 4.21. The number of rotatable bonds is 6. The Hall–Kier alpha value is -3.58. The Morgan fingerprint density at radius 3 is 2.30 bits per heavy atom. The van der Waals surface area contributed by atoms with Gasteiger partial charge < -0.3 is 10.6 Å². The molecule has 2 aromatic carbocycles. The molecule has 0 atom stereocenters. The summed E-state index contributed by atoms with van der Waals surface area (Å²) in [6.07, 6.45) is 0. The van der Waals surface area contributed by atoms with Gasteiger partial charge in [0.1, 0.15) is 5.82 Å². The van der Waals surface area contributed by atoms with E-state index in [0.717, 1.165) is 21.5 Å². The van der Waals surface area contributed by atoms with Crippen molar-refractivity contribution in [3.63, 3.8) is 0 Å². The Labute approximate surface area is 176 Å². The maximum atomic E-state index is 13.7. The molecule has 0 radical (unpaired) electrons. The lowest BCUT2D eigenvalue weighted by Crippen LogP contribution is -2.35. The van der Waals surface area contributed by atoms with E-state index in [2.05, 4.69) is 15.6 Å². The molecule has 7 heteroatoms. The first-order chi connectivity index (χ1) is 14.6. The summed E-state index contributed by atoms with van der Waals surface area (Å²) in [6, 6.07) is 18.9. The van der Waals surface area contributed by atoms with Crippen molar-refractivity contribution in [3.05, 3.63) is 89.1 Å². The number of hydrogen-bond donors (Lipinski definition) is 2. The summed E-state index contributed by atoms with van der Waals surface area (Å²) in [5.41, 5.74) is 1.97. The molecule has 2 amide bonds. The lowest BCUT2D eigenvalue weighted by Gasteiger charge is -2.11. The third-order valence-electron chi connectivity index (χ3n) is 4.55. The molecule has 150 valence electrons. The lowest BCUT2D eigenvalue weighted by molar-refractivity contribution is 0.0926. The highest BCUT2D eigenvalue weighted by molar-refractivity contribution is 7.13. The van der Waals surface area contributed by atoms with E-state index in [1.807, 2.05) is 41.8 Å². The number of para-hydroxylation sites is 1. The SMILES string of the molecule is O=C(NCCNC(=O)c1cc(-c2cccs2)nc2ccccc12)c1ccccc1F. The number of aromatic nitrogens is 1. The predicted molar refractivity (Wildman–Crippen MR) is 116 cm³/mol. The van der Waals surface area contributed by atoms with Crippen molar-refractivity contribution in [1.29, 1.82) is 0 Å². The zero-order valence-corrected chi connectivity index (χ0v) is 16.7. The minimum absolute atomic E-state index is 0.0236. The van der Waals surface area contributed by atoms with E-state index < -0.39 is 11.7 Å². The van der Waals surface area contributed by atoms with Gasteiger partial charge in [-0.2, -0.15) is 0 Å². The van der Waals surface area contributed by atoms with E-state index in [1.54, 1.807) is 23.5 Å². The molecule has 0 fully saturated rings. The highest BCUT2D eigenvalue weighted by Gasteiger charge is 2.15. The van der Waals surface area contributed by atoms with Crippen molar-refractivity contribution in [2.45, 2.75) is 0 Å². The summed E-state index contributed by atoms with van der Waals surface area (Å²) in [5, 5.41) is 8.14. The molecule has 4 aromatic rings. The Morgan fingerprint density at radius 1 is 0.867 bits per heavy atom. The number of hydrogen-bond acceptors (Lipinski definition) is 4. The number of fused-ring (bicyclic) bond motifs is 1. The number of pyridine rings is 1. The zero-order chi connectivity index (χ0) is 20.9. The molecular formula is C23H18FN3O2S. The van der Waals surface area contributed by atoms with Crippen LogP contribution in [-0.2, 0) is 0 Å². The van der Waals surface area contributed by atoms with E-state index in [1.165, 1.54) is 18.2 Å². The standard InChI is InChI=1S/C23H18FN3O2S/c24-18-8-3-1-7-16(18)22(28)25-11-12-26-23(29)17-14-20(21-10-5-13-30-21)27-19-9-4-2-6-15(17)19/h1-10,13-14H,11-12H2,(H,25,28)(H,26,29).